The molecular weight excluding hydrogens is 240 g/mol. The van der Waals surface area contributed by atoms with E-state index in [-0.39, 0.29) is 0 Å². The third-order valence-corrected chi connectivity index (χ3v) is 2.91. The van der Waals surface area contributed by atoms with E-state index in [0.29, 0.717) is 18.3 Å². The number of nitrogens with two attached hydrogens (primary N) is 1. The van der Waals surface area contributed by atoms with Crippen LogP contribution >= 0.6 is 0 Å². The van der Waals surface area contributed by atoms with Gasteiger partial charge in [-0.1, -0.05) is 27.2 Å². The zero-order valence-electron chi connectivity index (χ0n) is 12.5. The normalized spacial score (nSPS) is 11.0. The molecule has 1 heterocycles. The maximum Gasteiger partial charge on any atom is 0.137 e. The highest BCUT2D eigenvalue weighted by Crippen LogP contribution is 2.23. The Morgan fingerprint density at radius 3 is 2.68 bits per heavy atom. The first kappa shape index (κ1) is 15.7. The summed E-state index contributed by atoms with van der Waals surface area (Å²) >= 11 is 0. The molecule has 0 unspecified atom stereocenters. The van der Waals surface area contributed by atoms with Crippen LogP contribution in [0.25, 0.3) is 0 Å². The lowest BCUT2D eigenvalue weighted by Gasteiger charge is -2.27. The fourth-order valence-electron chi connectivity index (χ4n) is 2.10. The second kappa shape index (κ2) is 7.94. The van der Waals surface area contributed by atoms with Gasteiger partial charge in [-0.2, -0.15) is 0 Å². The molecule has 0 atom stereocenters. The van der Waals surface area contributed by atoms with Gasteiger partial charge in [0.1, 0.15) is 18.0 Å². The second-order valence-corrected chi connectivity index (χ2v) is 5.14. The fraction of sp³-hybridized carbons (Fsp3) is 0.714. The lowest BCUT2D eigenvalue weighted by Crippen LogP contribution is -2.33. The highest BCUT2D eigenvalue weighted by molar-refractivity contribution is 5.56. The molecule has 0 bridgehead atoms. The van der Waals surface area contributed by atoms with Gasteiger partial charge >= 0.3 is 0 Å². The van der Waals surface area contributed by atoms with Crippen molar-refractivity contribution in [3.8, 4) is 0 Å². The lowest BCUT2D eigenvalue weighted by atomic mass is 10.1. The number of aromatic nitrogens is 2. The van der Waals surface area contributed by atoms with Crippen molar-refractivity contribution in [3.63, 3.8) is 0 Å². The van der Waals surface area contributed by atoms with Gasteiger partial charge in [-0.25, -0.2) is 9.97 Å². The summed E-state index contributed by atoms with van der Waals surface area (Å²) in [6, 6.07) is 0. The minimum absolute atomic E-state index is 0.558. The number of nitrogen functional groups attached to an aromatic ring is 1. The van der Waals surface area contributed by atoms with E-state index in [1.807, 2.05) is 0 Å². The second-order valence-electron chi connectivity index (χ2n) is 5.14. The van der Waals surface area contributed by atoms with Crippen LogP contribution in [0.15, 0.2) is 6.33 Å². The number of ether oxygens (including phenoxy) is 1. The minimum Gasteiger partial charge on any atom is -0.383 e. The van der Waals surface area contributed by atoms with Gasteiger partial charge in [0.05, 0.1) is 6.61 Å². The minimum atomic E-state index is 0.558. The standard InChI is InChI=1S/C14H26N4O/c1-5-6-12-13(15)16-10-17-14(12)18(7-8-19-4)9-11(2)3/h10-11H,5-9H2,1-4H3,(H2,15,16,17). The highest BCUT2D eigenvalue weighted by atomic mass is 16.5. The van der Waals surface area contributed by atoms with E-state index >= 15 is 0 Å². The van der Waals surface area contributed by atoms with Crippen molar-refractivity contribution in [1.29, 1.82) is 0 Å². The van der Waals surface area contributed by atoms with Crippen LogP contribution < -0.4 is 10.6 Å². The molecule has 0 aromatic carbocycles. The van der Waals surface area contributed by atoms with Gasteiger partial charge in [0.2, 0.25) is 0 Å². The molecule has 5 heteroatoms. The summed E-state index contributed by atoms with van der Waals surface area (Å²) in [4.78, 5) is 10.8. The topological polar surface area (TPSA) is 64.3 Å². The molecule has 2 N–H and O–H groups in total. The molecule has 0 saturated heterocycles. The average molecular weight is 266 g/mol. The van der Waals surface area contributed by atoms with Crippen molar-refractivity contribution in [3.05, 3.63) is 11.9 Å². The maximum absolute atomic E-state index is 6.00. The lowest BCUT2D eigenvalue weighted by molar-refractivity contribution is 0.204. The van der Waals surface area contributed by atoms with Crippen molar-refractivity contribution >= 4 is 11.6 Å². The molecule has 0 amide bonds. The van der Waals surface area contributed by atoms with E-state index in [1.54, 1.807) is 13.4 Å². The van der Waals surface area contributed by atoms with Crippen LogP contribution in [0.5, 0.6) is 0 Å². The van der Waals surface area contributed by atoms with E-state index < -0.39 is 0 Å². The molecule has 1 aromatic rings. The molecule has 0 aliphatic rings. The van der Waals surface area contributed by atoms with E-state index in [4.69, 9.17) is 10.5 Å². The van der Waals surface area contributed by atoms with Crippen LogP contribution in [0.1, 0.15) is 32.8 Å². The molecule has 0 fully saturated rings. The highest BCUT2D eigenvalue weighted by Gasteiger charge is 2.16. The Morgan fingerprint density at radius 1 is 1.37 bits per heavy atom. The zero-order chi connectivity index (χ0) is 14.3. The summed E-state index contributed by atoms with van der Waals surface area (Å²) in [5.41, 5.74) is 7.05. The quantitative estimate of drug-likeness (QED) is 0.781. The summed E-state index contributed by atoms with van der Waals surface area (Å²) < 4.78 is 5.19. The number of methoxy groups -OCH3 is 1. The van der Waals surface area contributed by atoms with Gasteiger partial charge in [0.25, 0.3) is 0 Å². The molecule has 1 rings (SSSR count). The van der Waals surface area contributed by atoms with E-state index in [2.05, 4.69) is 35.6 Å². The molecule has 0 aliphatic heterocycles. The molecule has 0 aliphatic carbocycles. The van der Waals surface area contributed by atoms with Crippen LogP contribution in [-0.4, -0.2) is 36.8 Å². The maximum atomic E-state index is 6.00. The Hall–Kier alpha value is -1.36. The fourth-order valence-corrected chi connectivity index (χ4v) is 2.10. The van der Waals surface area contributed by atoms with Crippen LogP contribution in [0, 0.1) is 5.92 Å². The van der Waals surface area contributed by atoms with E-state index in [9.17, 15) is 0 Å². The first-order valence-electron chi connectivity index (χ1n) is 6.93. The van der Waals surface area contributed by atoms with Crippen LogP contribution in [0.4, 0.5) is 11.6 Å². The Bertz CT molecular complexity index is 382. The van der Waals surface area contributed by atoms with Gasteiger partial charge in [-0.05, 0) is 12.3 Å². The van der Waals surface area contributed by atoms with Gasteiger partial charge in [0.15, 0.2) is 0 Å². The molecule has 19 heavy (non-hydrogen) atoms. The van der Waals surface area contributed by atoms with Gasteiger partial charge in [0, 0.05) is 25.8 Å². The summed E-state index contributed by atoms with van der Waals surface area (Å²) in [5, 5.41) is 0. The molecule has 108 valence electrons. The SMILES string of the molecule is CCCc1c(N)ncnc1N(CCOC)CC(C)C. The Balaban J connectivity index is 3.02. The van der Waals surface area contributed by atoms with Crippen LogP contribution in [0.3, 0.4) is 0 Å². The summed E-state index contributed by atoms with van der Waals surface area (Å²) in [6.45, 7) is 8.98. The van der Waals surface area contributed by atoms with Crippen molar-refractivity contribution in [2.75, 3.05) is 37.4 Å². The largest absolute Gasteiger partial charge is 0.383 e. The number of nitrogens with zero attached hydrogens (tertiary/aromatic N) is 3. The monoisotopic (exact) mass is 266 g/mol. The van der Waals surface area contributed by atoms with Gasteiger partial charge < -0.3 is 15.4 Å². The van der Waals surface area contributed by atoms with E-state index in [1.165, 1.54) is 0 Å². The number of rotatable bonds is 8. The molecular formula is C14H26N4O. The number of hydrogen-bond donors (Lipinski definition) is 1. The first-order valence-corrected chi connectivity index (χ1v) is 6.93. The number of anilines is 2. The zero-order valence-corrected chi connectivity index (χ0v) is 12.5. The predicted molar refractivity (Wildman–Crippen MR) is 79.4 cm³/mol. The summed E-state index contributed by atoms with van der Waals surface area (Å²) in [7, 11) is 1.72. The first-order chi connectivity index (χ1) is 9.10. The number of hydrogen-bond acceptors (Lipinski definition) is 5. The third kappa shape index (κ3) is 4.67. The van der Waals surface area contributed by atoms with E-state index in [0.717, 1.165) is 37.3 Å². The average Bonchev–Trinajstić information content (AvgIpc) is 2.37. The van der Waals surface area contributed by atoms with Crippen molar-refractivity contribution in [2.24, 2.45) is 5.92 Å². The summed E-state index contributed by atoms with van der Waals surface area (Å²) in [5.74, 6) is 2.11. The van der Waals surface area contributed by atoms with Crippen molar-refractivity contribution in [1.82, 2.24) is 9.97 Å². The Morgan fingerprint density at radius 2 is 2.11 bits per heavy atom. The van der Waals surface area contributed by atoms with Crippen LogP contribution in [0.2, 0.25) is 0 Å². The molecule has 0 radical (unpaired) electrons. The smallest absolute Gasteiger partial charge is 0.137 e. The summed E-state index contributed by atoms with van der Waals surface area (Å²) in [6.07, 6.45) is 3.48. The van der Waals surface area contributed by atoms with Gasteiger partial charge in [-0.15, -0.1) is 0 Å². The van der Waals surface area contributed by atoms with Crippen molar-refractivity contribution in [2.45, 2.75) is 33.6 Å². The molecule has 1 aromatic heterocycles. The Kier molecular flexibility index (Phi) is 6.56. The molecule has 0 saturated carbocycles. The molecule has 5 nitrogen and oxygen atoms in total. The van der Waals surface area contributed by atoms with Gasteiger partial charge in [-0.3, -0.25) is 0 Å². The Labute approximate surface area is 116 Å². The molecule has 0 spiro atoms. The third-order valence-electron chi connectivity index (χ3n) is 2.91. The van der Waals surface area contributed by atoms with Crippen molar-refractivity contribution < 1.29 is 4.74 Å². The predicted octanol–water partition coefficient (Wildman–Crippen LogP) is 2.12. The van der Waals surface area contributed by atoms with Crippen LogP contribution in [-0.2, 0) is 11.2 Å².